The number of imide groups is 1. The van der Waals surface area contributed by atoms with Crippen molar-refractivity contribution < 1.29 is 28.0 Å². The fourth-order valence-electron chi connectivity index (χ4n) is 11.4. The lowest BCUT2D eigenvalue weighted by atomic mass is 9.96. The number of piperazine rings is 2. The van der Waals surface area contributed by atoms with E-state index in [9.17, 15) is 24.0 Å². The molecule has 4 aromatic rings. The molecule has 0 bridgehead atoms. The Morgan fingerprint density at radius 2 is 1.46 bits per heavy atom. The number of aromatic nitrogens is 4. The molecule has 1 aromatic carbocycles. The summed E-state index contributed by atoms with van der Waals surface area (Å²) in [5, 5.41) is 6.18. The van der Waals surface area contributed by atoms with Crippen LogP contribution < -0.4 is 26.0 Å². The lowest BCUT2D eigenvalue weighted by Crippen LogP contribution is -2.52. The minimum absolute atomic E-state index is 0. The Morgan fingerprint density at radius 1 is 0.803 bits per heavy atom. The van der Waals surface area contributed by atoms with Gasteiger partial charge in [0.25, 0.3) is 11.5 Å². The summed E-state index contributed by atoms with van der Waals surface area (Å²) in [4.78, 5) is 90.2. The summed E-state index contributed by atoms with van der Waals surface area (Å²) in [6, 6.07) is 4.22. The molecule has 1 saturated carbocycles. The zero-order valence-corrected chi connectivity index (χ0v) is 42.6. The highest BCUT2D eigenvalue weighted by atomic mass is 35.5. The molecule has 3 aromatic heterocycles. The molecule has 22 heteroatoms. The predicted molar refractivity (Wildman–Crippen MR) is 274 cm³/mol. The van der Waals surface area contributed by atoms with Crippen LogP contribution in [-0.4, -0.2) is 154 Å². The topological polar surface area (TPSA) is 172 Å². The summed E-state index contributed by atoms with van der Waals surface area (Å²) < 4.78 is 33.2. The molecular weight excluding hydrogens is 981 g/mol. The second-order valence-electron chi connectivity index (χ2n) is 19.5. The Morgan fingerprint density at radius 3 is 2.11 bits per heavy atom. The van der Waals surface area contributed by atoms with Crippen molar-refractivity contribution >= 4 is 94.9 Å². The van der Waals surface area contributed by atoms with Gasteiger partial charge in [-0.3, -0.25) is 43.7 Å². The maximum Gasteiger partial charge on any atom is 0.263 e. The molecule has 4 saturated heterocycles. The molecule has 1 atom stereocenters. The third-order valence-corrected chi connectivity index (χ3v) is 15.3. The van der Waals surface area contributed by atoms with E-state index >= 15 is 8.78 Å². The fourth-order valence-corrected chi connectivity index (χ4v) is 11.4. The van der Waals surface area contributed by atoms with Gasteiger partial charge in [-0.05, 0) is 88.7 Å². The normalized spacial score (nSPS) is 20.6. The van der Waals surface area contributed by atoms with Gasteiger partial charge in [0.1, 0.15) is 29.0 Å². The third kappa shape index (κ3) is 11.0. The Labute approximate surface area is 430 Å². The summed E-state index contributed by atoms with van der Waals surface area (Å²) in [6.45, 7) is 14.3. The maximum absolute atomic E-state index is 16.0. The average molecular weight is 1040 g/mol. The number of anilines is 4. The van der Waals surface area contributed by atoms with Gasteiger partial charge in [-0.15, -0.1) is 37.2 Å². The van der Waals surface area contributed by atoms with Gasteiger partial charge in [0.15, 0.2) is 11.6 Å². The average Bonchev–Trinajstić information content (AvgIpc) is 3.98. The molecule has 1 unspecified atom stereocenters. The number of nitrogens with zero attached hydrogens (tertiary/aromatic N) is 10. The Balaban J connectivity index is 0.00000247. The number of hydrogen-bond acceptors (Lipinski definition) is 14. The standard InChI is InChI=1S/C49H60F2N12O5.3ClH/c1-30-36-27-53-49(56-45(36)63(33-5-3-4-6-33)48(68)42(30)31(2)64)54-40-9-7-34(26-52-40)60-21-17-58(18-22-60)16-15-57-13-11-32(12-14-57)28-59-19-23-61(24-20-59)44-38(50)25-35-37(43(44)51)29-62(47(35)67)39-8-10-41(65)55-46(39)66;;;/h7,9,25-27,32-33,39H,3-6,8,10-24,28-29H2,1-2H3,(H,55,65,66)(H,52,53,54,56);3*1H. The lowest BCUT2D eigenvalue weighted by molar-refractivity contribution is -0.136. The molecule has 8 heterocycles. The monoisotopic (exact) mass is 1040 g/mol. The molecule has 384 valence electrons. The summed E-state index contributed by atoms with van der Waals surface area (Å²) in [5.74, 6) is -1.81. The number of carbonyl (C=O) groups is 4. The molecule has 5 fully saturated rings. The highest BCUT2D eigenvalue weighted by Crippen LogP contribution is 2.37. The van der Waals surface area contributed by atoms with Crippen molar-refractivity contribution in [3.63, 3.8) is 0 Å². The number of amides is 3. The molecule has 17 nitrogen and oxygen atoms in total. The van der Waals surface area contributed by atoms with Crippen molar-refractivity contribution in [2.75, 3.05) is 100 Å². The van der Waals surface area contributed by atoms with Crippen LogP contribution in [0.2, 0.25) is 0 Å². The number of carbonyl (C=O) groups excluding carboxylic acids is 4. The number of fused-ring (bicyclic) bond motifs is 2. The molecule has 2 N–H and O–H groups in total. The lowest BCUT2D eigenvalue weighted by Gasteiger charge is -2.40. The van der Waals surface area contributed by atoms with Gasteiger partial charge >= 0.3 is 0 Å². The van der Waals surface area contributed by atoms with Crippen molar-refractivity contribution in [3.05, 3.63) is 74.8 Å². The van der Waals surface area contributed by atoms with Gasteiger partial charge < -0.3 is 24.9 Å². The highest BCUT2D eigenvalue weighted by molar-refractivity contribution is 6.05. The van der Waals surface area contributed by atoms with Crippen LogP contribution >= 0.6 is 37.2 Å². The molecule has 10 rings (SSSR count). The largest absolute Gasteiger partial charge is 0.368 e. The number of pyridine rings is 2. The summed E-state index contributed by atoms with van der Waals surface area (Å²) >= 11 is 0. The minimum Gasteiger partial charge on any atom is -0.368 e. The maximum atomic E-state index is 16.0. The van der Waals surface area contributed by atoms with Crippen LogP contribution in [0.25, 0.3) is 11.0 Å². The molecule has 3 amide bonds. The molecule has 1 aliphatic carbocycles. The van der Waals surface area contributed by atoms with Crippen molar-refractivity contribution in [1.29, 1.82) is 0 Å². The zero-order chi connectivity index (χ0) is 47.2. The number of nitrogens with one attached hydrogen (secondary N) is 2. The number of hydrogen-bond donors (Lipinski definition) is 2. The molecule has 5 aliphatic heterocycles. The van der Waals surface area contributed by atoms with Gasteiger partial charge in [0.2, 0.25) is 17.8 Å². The van der Waals surface area contributed by atoms with E-state index < -0.39 is 35.4 Å². The number of ketones is 1. The summed E-state index contributed by atoms with van der Waals surface area (Å²) in [7, 11) is 0. The van der Waals surface area contributed by atoms with E-state index in [1.54, 1.807) is 22.6 Å². The molecule has 0 spiro atoms. The first-order chi connectivity index (χ1) is 32.9. The van der Waals surface area contributed by atoms with Crippen molar-refractivity contribution in [2.24, 2.45) is 5.92 Å². The number of rotatable bonds is 12. The summed E-state index contributed by atoms with van der Waals surface area (Å²) in [5.41, 5.74) is 2.10. The van der Waals surface area contributed by atoms with E-state index in [-0.39, 0.29) is 96.4 Å². The number of benzene rings is 1. The van der Waals surface area contributed by atoms with E-state index in [0.717, 1.165) is 109 Å². The van der Waals surface area contributed by atoms with E-state index in [4.69, 9.17) is 4.98 Å². The van der Waals surface area contributed by atoms with Crippen LogP contribution in [0.1, 0.15) is 96.2 Å². The second-order valence-corrected chi connectivity index (χ2v) is 19.5. The molecule has 6 aliphatic rings. The quantitative estimate of drug-likeness (QED) is 0.134. The third-order valence-electron chi connectivity index (χ3n) is 15.3. The zero-order valence-electron chi connectivity index (χ0n) is 40.2. The van der Waals surface area contributed by atoms with Crippen LogP contribution in [0.4, 0.5) is 31.9 Å². The highest BCUT2D eigenvalue weighted by Gasteiger charge is 2.42. The molecular formula is C49H63Cl3F2N12O5. The van der Waals surface area contributed by atoms with Gasteiger partial charge in [-0.1, -0.05) is 12.8 Å². The van der Waals surface area contributed by atoms with Crippen molar-refractivity contribution in [1.82, 2.24) is 44.4 Å². The van der Waals surface area contributed by atoms with Gasteiger partial charge in [-0.25, -0.2) is 18.7 Å². The number of likely N-dealkylation sites (tertiary alicyclic amines) is 1. The van der Waals surface area contributed by atoms with Crippen molar-refractivity contribution in [3.8, 4) is 0 Å². The minimum atomic E-state index is -0.889. The SMILES string of the molecule is CC(=O)c1c(C)c2cnc(Nc3ccc(N4CCN(CCN5CCC(CN6CCN(c7c(F)cc8c(c7F)CN(C7CCC(=O)NC7=O)C8=O)CC6)CC5)CC4)cn3)nc2n(C2CCCC2)c1=O.Cl.Cl.Cl. The van der Waals surface area contributed by atoms with Crippen LogP contribution in [0.5, 0.6) is 0 Å². The van der Waals surface area contributed by atoms with Crippen LogP contribution in [0.15, 0.2) is 35.4 Å². The molecule has 0 radical (unpaired) electrons. The number of halogens is 5. The van der Waals surface area contributed by atoms with E-state index in [2.05, 4.69) is 46.3 Å². The van der Waals surface area contributed by atoms with Crippen LogP contribution in [0.3, 0.4) is 0 Å². The number of piperidine rings is 2. The van der Waals surface area contributed by atoms with Crippen LogP contribution in [-0.2, 0) is 16.1 Å². The van der Waals surface area contributed by atoms with E-state index in [1.807, 2.05) is 12.3 Å². The summed E-state index contributed by atoms with van der Waals surface area (Å²) in [6.07, 6.45) is 9.90. The van der Waals surface area contributed by atoms with Crippen LogP contribution in [0, 0.1) is 24.5 Å². The van der Waals surface area contributed by atoms with Crippen molar-refractivity contribution in [2.45, 2.75) is 83.8 Å². The van der Waals surface area contributed by atoms with E-state index in [1.165, 1.54) is 11.8 Å². The predicted octanol–water partition coefficient (Wildman–Crippen LogP) is 5.52. The van der Waals surface area contributed by atoms with Gasteiger partial charge in [-0.2, -0.15) is 4.98 Å². The first kappa shape index (κ1) is 53.7. The van der Waals surface area contributed by atoms with Gasteiger partial charge in [0.05, 0.1) is 29.6 Å². The Bertz CT molecular complexity index is 2690. The number of Topliss-reactive ketones (excluding diaryl/α,β-unsaturated/α-hetero) is 1. The molecule has 71 heavy (non-hydrogen) atoms. The first-order valence-corrected chi connectivity index (χ1v) is 24.4. The smallest absolute Gasteiger partial charge is 0.263 e. The Hall–Kier alpha value is -5.05. The second kappa shape index (κ2) is 22.8. The first-order valence-electron chi connectivity index (χ1n) is 24.4. The Kier molecular flexibility index (Phi) is 17.3. The number of aryl methyl sites for hydroxylation is 1. The van der Waals surface area contributed by atoms with E-state index in [0.29, 0.717) is 60.5 Å². The van der Waals surface area contributed by atoms with Gasteiger partial charge in [0, 0.05) is 102 Å². The fraction of sp³-hybridized carbons (Fsp3) is 0.551.